The van der Waals surface area contributed by atoms with Crippen LogP contribution in [0.2, 0.25) is 0 Å². The SMILES string of the molecule is CCCc1ccc(C(N)CS(=O)CCS(C)(=O)=O)cc1. The van der Waals surface area contributed by atoms with Crippen molar-refractivity contribution < 1.29 is 12.6 Å². The molecule has 4 nitrogen and oxygen atoms in total. The second-order valence-electron chi connectivity index (χ2n) is 5.04. The molecule has 1 rings (SSSR count). The van der Waals surface area contributed by atoms with Crippen molar-refractivity contribution in [2.24, 2.45) is 5.73 Å². The minimum atomic E-state index is -3.07. The number of rotatable bonds is 8. The van der Waals surface area contributed by atoms with Crippen molar-refractivity contribution in [3.05, 3.63) is 35.4 Å². The third kappa shape index (κ3) is 6.63. The molecule has 6 heteroatoms. The fourth-order valence-electron chi connectivity index (χ4n) is 1.84. The monoisotopic (exact) mass is 317 g/mol. The quantitative estimate of drug-likeness (QED) is 0.787. The van der Waals surface area contributed by atoms with Gasteiger partial charge in [-0.05, 0) is 17.5 Å². The Bertz CT molecular complexity index is 538. The maximum absolute atomic E-state index is 11.8. The first kappa shape index (κ1) is 17.3. The Morgan fingerprint density at radius 2 is 1.85 bits per heavy atom. The van der Waals surface area contributed by atoms with Gasteiger partial charge in [0.2, 0.25) is 0 Å². The van der Waals surface area contributed by atoms with E-state index in [0.29, 0.717) is 5.75 Å². The van der Waals surface area contributed by atoms with Crippen molar-refractivity contribution in [3.63, 3.8) is 0 Å². The Balaban J connectivity index is 2.53. The van der Waals surface area contributed by atoms with Crippen molar-refractivity contribution in [1.82, 2.24) is 0 Å². The van der Waals surface area contributed by atoms with Crippen LogP contribution < -0.4 is 5.73 Å². The van der Waals surface area contributed by atoms with Crippen LogP contribution in [0.25, 0.3) is 0 Å². The summed E-state index contributed by atoms with van der Waals surface area (Å²) in [6, 6.07) is 7.69. The molecule has 0 heterocycles. The van der Waals surface area contributed by atoms with E-state index in [4.69, 9.17) is 5.73 Å². The Morgan fingerprint density at radius 1 is 1.25 bits per heavy atom. The minimum Gasteiger partial charge on any atom is -0.323 e. The lowest BCUT2D eigenvalue weighted by molar-refractivity contribution is 0.602. The largest absolute Gasteiger partial charge is 0.323 e. The molecule has 1 aromatic carbocycles. The van der Waals surface area contributed by atoms with E-state index in [9.17, 15) is 12.6 Å². The summed E-state index contributed by atoms with van der Waals surface area (Å²) in [6.45, 7) is 2.13. The van der Waals surface area contributed by atoms with E-state index in [2.05, 4.69) is 6.92 Å². The molecule has 20 heavy (non-hydrogen) atoms. The van der Waals surface area contributed by atoms with Gasteiger partial charge in [0, 0.05) is 34.6 Å². The smallest absolute Gasteiger partial charge is 0.148 e. The number of aryl methyl sites for hydroxylation is 1. The topological polar surface area (TPSA) is 77.2 Å². The molecule has 0 aliphatic carbocycles. The van der Waals surface area contributed by atoms with Crippen molar-refractivity contribution in [2.75, 3.05) is 23.5 Å². The molecule has 2 unspecified atom stereocenters. The normalized spacial score (nSPS) is 14.9. The highest BCUT2D eigenvalue weighted by Crippen LogP contribution is 2.14. The number of sulfone groups is 1. The molecule has 0 fully saturated rings. The lowest BCUT2D eigenvalue weighted by Gasteiger charge is -2.12. The molecule has 0 aromatic heterocycles. The zero-order valence-corrected chi connectivity index (χ0v) is 13.7. The zero-order chi connectivity index (χ0) is 15.2. The minimum absolute atomic E-state index is 0.0538. The Morgan fingerprint density at radius 3 is 2.35 bits per heavy atom. The van der Waals surface area contributed by atoms with Gasteiger partial charge in [0.05, 0.1) is 5.75 Å². The van der Waals surface area contributed by atoms with E-state index in [0.717, 1.165) is 24.7 Å². The maximum Gasteiger partial charge on any atom is 0.148 e. The summed E-state index contributed by atoms with van der Waals surface area (Å²) in [4.78, 5) is 0. The molecule has 0 spiro atoms. The molecule has 0 bridgehead atoms. The van der Waals surface area contributed by atoms with Gasteiger partial charge in [-0.1, -0.05) is 37.6 Å². The standard InChI is InChI=1S/C14H23NO3S2/c1-3-4-12-5-7-13(8-6-12)14(15)11-19(16)9-10-20(2,17)18/h5-8,14H,3-4,9-11,15H2,1-2H3. The van der Waals surface area contributed by atoms with Gasteiger partial charge in [-0.2, -0.15) is 0 Å². The van der Waals surface area contributed by atoms with Crippen LogP contribution >= 0.6 is 0 Å². The number of hydrogen-bond donors (Lipinski definition) is 1. The first-order valence-corrected chi connectivity index (χ1v) is 10.2. The van der Waals surface area contributed by atoms with Crippen molar-refractivity contribution in [1.29, 1.82) is 0 Å². The molecule has 0 aliphatic heterocycles. The lowest BCUT2D eigenvalue weighted by atomic mass is 10.0. The van der Waals surface area contributed by atoms with Gasteiger partial charge in [-0.25, -0.2) is 8.42 Å². The first-order chi connectivity index (χ1) is 9.31. The van der Waals surface area contributed by atoms with E-state index in [1.54, 1.807) is 0 Å². The summed E-state index contributed by atoms with van der Waals surface area (Å²) >= 11 is 0. The predicted molar refractivity (Wildman–Crippen MR) is 85.0 cm³/mol. The summed E-state index contributed by atoms with van der Waals surface area (Å²) < 4.78 is 33.9. The molecule has 114 valence electrons. The van der Waals surface area contributed by atoms with Crippen molar-refractivity contribution in [2.45, 2.75) is 25.8 Å². The fraction of sp³-hybridized carbons (Fsp3) is 0.571. The molecule has 0 amide bonds. The molecule has 0 radical (unpaired) electrons. The van der Waals surface area contributed by atoms with Crippen LogP contribution in [-0.2, 0) is 27.1 Å². The Kier molecular flexibility index (Phi) is 6.85. The third-order valence-corrected chi connectivity index (χ3v) is 5.59. The highest BCUT2D eigenvalue weighted by Gasteiger charge is 2.12. The van der Waals surface area contributed by atoms with E-state index in [1.165, 1.54) is 5.56 Å². The average Bonchev–Trinajstić information content (AvgIpc) is 2.37. The van der Waals surface area contributed by atoms with Crippen LogP contribution in [0.4, 0.5) is 0 Å². The summed E-state index contributed by atoms with van der Waals surface area (Å²) in [6.07, 6.45) is 3.29. The average molecular weight is 317 g/mol. The van der Waals surface area contributed by atoms with Gasteiger partial charge in [0.25, 0.3) is 0 Å². The van der Waals surface area contributed by atoms with Gasteiger partial charge in [-0.15, -0.1) is 0 Å². The predicted octanol–water partition coefficient (Wildman–Crippen LogP) is 1.43. The molecule has 0 aliphatic rings. The van der Waals surface area contributed by atoms with Crippen LogP contribution in [0.5, 0.6) is 0 Å². The van der Waals surface area contributed by atoms with Gasteiger partial charge in [0.1, 0.15) is 9.84 Å². The van der Waals surface area contributed by atoms with Gasteiger partial charge in [0.15, 0.2) is 0 Å². The van der Waals surface area contributed by atoms with Gasteiger partial charge in [-0.3, -0.25) is 4.21 Å². The van der Waals surface area contributed by atoms with Crippen molar-refractivity contribution >= 4 is 20.6 Å². The number of benzene rings is 1. The molecular weight excluding hydrogens is 294 g/mol. The van der Waals surface area contributed by atoms with E-state index < -0.39 is 20.6 Å². The highest BCUT2D eigenvalue weighted by atomic mass is 32.2. The molecule has 1 aromatic rings. The summed E-state index contributed by atoms with van der Waals surface area (Å²) in [5.74, 6) is 0.394. The Labute approximate surface area is 124 Å². The summed E-state index contributed by atoms with van der Waals surface area (Å²) in [7, 11) is -4.28. The van der Waals surface area contributed by atoms with Crippen LogP contribution in [0.3, 0.4) is 0 Å². The molecule has 2 atom stereocenters. The van der Waals surface area contributed by atoms with Crippen LogP contribution in [0, 0.1) is 0 Å². The third-order valence-electron chi connectivity index (χ3n) is 2.99. The highest BCUT2D eigenvalue weighted by molar-refractivity contribution is 7.92. The van der Waals surface area contributed by atoms with E-state index in [-0.39, 0.29) is 17.5 Å². The molecular formula is C14H23NO3S2. The molecule has 2 N–H and O–H groups in total. The van der Waals surface area contributed by atoms with Crippen LogP contribution in [0.1, 0.15) is 30.5 Å². The first-order valence-electron chi connectivity index (χ1n) is 6.69. The second-order valence-corrected chi connectivity index (χ2v) is 8.92. The lowest BCUT2D eigenvalue weighted by Crippen LogP contribution is -2.22. The van der Waals surface area contributed by atoms with E-state index >= 15 is 0 Å². The van der Waals surface area contributed by atoms with Gasteiger partial charge >= 0.3 is 0 Å². The molecule has 0 saturated heterocycles. The van der Waals surface area contributed by atoms with E-state index in [1.807, 2.05) is 24.3 Å². The molecule has 0 saturated carbocycles. The van der Waals surface area contributed by atoms with Crippen LogP contribution in [0.15, 0.2) is 24.3 Å². The number of hydrogen-bond acceptors (Lipinski definition) is 4. The zero-order valence-electron chi connectivity index (χ0n) is 12.0. The summed E-state index contributed by atoms with van der Waals surface area (Å²) in [5.41, 5.74) is 8.22. The van der Waals surface area contributed by atoms with Gasteiger partial charge < -0.3 is 5.73 Å². The Hall–Kier alpha value is -0.720. The summed E-state index contributed by atoms with van der Waals surface area (Å²) in [5, 5.41) is 0. The maximum atomic E-state index is 11.8. The van der Waals surface area contributed by atoms with Crippen LogP contribution in [-0.4, -0.2) is 36.1 Å². The van der Waals surface area contributed by atoms with Crippen molar-refractivity contribution in [3.8, 4) is 0 Å². The fourth-order valence-corrected chi connectivity index (χ4v) is 4.56. The second kappa shape index (κ2) is 7.90. The number of nitrogens with two attached hydrogens (primary N) is 1.